The zero-order chi connectivity index (χ0) is 27.4. The molecule has 9 heteroatoms. The number of carboxylic acid groups (broad SMARTS) is 1. The van der Waals surface area contributed by atoms with Crippen LogP contribution in [0.15, 0.2) is 36.4 Å². The highest BCUT2D eigenvalue weighted by atomic mass is 35.5. The Bertz CT molecular complexity index is 1210. The molecule has 2 N–H and O–H groups in total. The number of carbonyl (C=O) groups is 3. The van der Waals surface area contributed by atoms with Gasteiger partial charge in [0.15, 0.2) is 0 Å². The van der Waals surface area contributed by atoms with Crippen molar-refractivity contribution in [1.29, 1.82) is 0 Å². The van der Waals surface area contributed by atoms with Gasteiger partial charge in [0.05, 0.1) is 10.0 Å². The molecule has 2 amide bonds. The first kappa shape index (κ1) is 28.2. The number of carboxylic acids is 1. The van der Waals surface area contributed by atoms with Crippen molar-refractivity contribution in [2.24, 2.45) is 0 Å². The summed E-state index contributed by atoms with van der Waals surface area (Å²) < 4.78 is 0. The van der Waals surface area contributed by atoms with E-state index in [0.29, 0.717) is 60.9 Å². The summed E-state index contributed by atoms with van der Waals surface area (Å²) in [5.74, 6) is -1.07. The Morgan fingerprint density at radius 3 is 2.42 bits per heavy atom. The Labute approximate surface area is 234 Å². The number of halogens is 2. The molecule has 38 heavy (non-hydrogen) atoms. The fraction of sp³-hybridized carbons (Fsp3) is 0.483. The summed E-state index contributed by atoms with van der Waals surface area (Å²) in [6.07, 6.45) is 4.16. The maximum Gasteiger partial charge on any atom is 0.329 e. The van der Waals surface area contributed by atoms with Crippen LogP contribution < -0.4 is 10.2 Å². The number of likely N-dealkylation sites (tertiary alicyclic amines) is 1. The van der Waals surface area contributed by atoms with E-state index in [-0.39, 0.29) is 17.7 Å². The molecule has 0 aromatic heterocycles. The summed E-state index contributed by atoms with van der Waals surface area (Å²) in [7, 11) is 1.62. The predicted octanol–water partition coefficient (Wildman–Crippen LogP) is 5.53. The summed E-state index contributed by atoms with van der Waals surface area (Å²) in [5, 5.41) is 14.0. The van der Waals surface area contributed by atoms with Crippen LogP contribution in [0, 0.1) is 0 Å². The molecule has 4 rings (SSSR count). The average Bonchev–Trinajstić information content (AvgIpc) is 2.93. The first-order chi connectivity index (χ1) is 18.2. The van der Waals surface area contributed by atoms with Gasteiger partial charge in [-0.15, -0.1) is 0 Å². The first-order valence-corrected chi connectivity index (χ1v) is 14.0. The summed E-state index contributed by atoms with van der Waals surface area (Å²) in [6.45, 7) is 3.55. The number of aliphatic carboxylic acids is 1. The van der Waals surface area contributed by atoms with Crippen LogP contribution in [0.4, 0.5) is 5.69 Å². The molecule has 1 unspecified atom stereocenters. The molecule has 1 atom stereocenters. The Kier molecular flexibility index (Phi) is 8.89. The topological polar surface area (TPSA) is 89.9 Å². The Morgan fingerprint density at radius 2 is 1.82 bits per heavy atom. The number of amides is 2. The van der Waals surface area contributed by atoms with E-state index < -0.39 is 11.5 Å². The third-order valence-corrected chi connectivity index (χ3v) is 8.89. The van der Waals surface area contributed by atoms with Gasteiger partial charge in [0.25, 0.3) is 5.91 Å². The summed E-state index contributed by atoms with van der Waals surface area (Å²) in [4.78, 5) is 41.9. The minimum absolute atomic E-state index is 0.0678. The number of hydrogen-bond acceptors (Lipinski definition) is 4. The average molecular weight is 561 g/mol. The van der Waals surface area contributed by atoms with Crippen molar-refractivity contribution in [3.8, 4) is 0 Å². The second-order valence-electron chi connectivity index (χ2n) is 10.2. The van der Waals surface area contributed by atoms with Gasteiger partial charge in [-0.1, -0.05) is 42.3 Å². The minimum Gasteiger partial charge on any atom is -0.479 e. The van der Waals surface area contributed by atoms with E-state index in [1.165, 1.54) is 0 Å². The molecule has 2 aliphatic rings. The molecule has 2 aromatic rings. The summed E-state index contributed by atoms with van der Waals surface area (Å²) in [6, 6.07) is 11.4. The Hall–Kier alpha value is -2.77. The van der Waals surface area contributed by atoms with Crippen LogP contribution in [0.2, 0.25) is 10.0 Å². The fourth-order valence-corrected chi connectivity index (χ4v) is 6.23. The van der Waals surface area contributed by atoms with Crippen molar-refractivity contribution in [2.75, 3.05) is 31.6 Å². The molecule has 2 fully saturated rings. The van der Waals surface area contributed by atoms with Crippen LogP contribution in [-0.2, 0) is 16.0 Å². The van der Waals surface area contributed by atoms with Crippen molar-refractivity contribution >= 4 is 46.7 Å². The number of nitrogens with one attached hydrogen (secondary N) is 1. The number of benzene rings is 2. The van der Waals surface area contributed by atoms with E-state index in [4.69, 9.17) is 23.2 Å². The summed E-state index contributed by atoms with van der Waals surface area (Å²) in [5.41, 5.74) is 2.31. The van der Waals surface area contributed by atoms with E-state index in [9.17, 15) is 19.5 Å². The molecule has 0 spiro atoms. The molecule has 2 aromatic carbocycles. The monoisotopic (exact) mass is 559 g/mol. The SMILES string of the molecule is CCC(Cc1c(C(=O)NC)cccc1N1CCC(C(=O)O)(N2CCCCC2=O)CC1)c1ccc(Cl)c(Cl)c1. The lowest BCUT2D eigenvalue weighted by molar-refractivity contribution is -0.162. The highest BCUT2D eigenvalue weighted by Gasteiger charge is 2.49. The molecular weight excluding hydrogens is 525 g/mol. The summed E-state index contributed by atoms with van der Waals surface area (Å²) >= 11 is 12.5. The number of piperidine rings is 2. The van der Waals surface area contributed by atoms with Gasteiger partial charge in [0.2, 0.25) is 5.91 Å². The van der Waals surface area contributed by atoms with Crippen molar-refractivity contribution in [2.45, 2.75) is 63.3 Å². The number of rotatable bonds is 8. The highest BCUT2D eigenvalue weighted by molar-refractivity contribution is 6.42. The molecule has 0 aliphatic carbocycles. The number of anilines is 1. The lowest BCUT2D eigenvalue weighted by Gasteiger charge is -2.48. The van der Waals surface area contributed by atoms with Crippen LogP contribution in [0.25, 0.3) is 0 Å². The second-order valence-corrected chi connectivity index (χ2v) is 11.0. The Balaban J connectivity index is 1.66. The lowest BCUT2D eigenvalue weighted by atomic mass is 9.82. The zero-order valence-electron chi connectivity index (χ0n) is 21.9. The van der Waals surface area contributed by atoms with Crippen molar-refractivity contribution in [1.82, 2.24) is 10.2 Å². The molecule has 0 saturated carbocycles. The predicted molar refractivity (Wildman–Crippen MR) is 150 cm³/mol. The van der Waals surface area contributed by atoms with E-state index in [1.54, 1.807) is 18.0 Å². The van der Waals surface area contributed by atoms with Gasteiger partial charge in [0, 0.05) is 44.4 Å². The van der Waals surface area contributed by atoms with Crippen LogP contribution in [0.1, 0.15) is 72.9 Å². The van der Waals surface area contributed by atoms with Crippen LogP contribution >= 0.6 is 23.2 Å². The van der Waals surface area contributed by atoms with Crippen LogP contribution in [-0.4, -0.2) is 60.0 Å². The molecule has 0 bridgehead atoms. The maximum atomic E-state index is 12.9. The fourth-order valence-electron chi connectivity index (χ4n) is 5.92. The number of nitrogens with zero attached hydrogens (tertiary/aromatic N) is 2. The smallest absolute Gasteiger partial charge is 0.329 e. The Morgan fingerprint density at radius 1 is 1.08 bits per heavy atom. The van der Waals surface area contributed by atoms with E-state index >= 15 is 0 Å². The molecule has 0 radical (unpaired) electrons. The molecule has 2 aliphatic heterocycles. The third-order valence-electron chi connectivity index (χ3n) is 8.15. The highest BCUT2D eigenvalue weighted by Crippen LogP contribution is 2.38. The standard InChI is InChI=1S/C29H35Cl2N3O4/c1-3-19(20-10-11-23(30)24(31)18-20)17-22-21(27(36)32-2)7-6-8-25(22)33-15-12-29(13-16-33,28(37)38)34-14-5-4-9-26(34)35/h6-8,10-11,18-19H,3-5,9,12-17H2,1-2H3,(H,32,36)(H,37,38). The van der Waals surface area contributed by atoms with E-state index in [1.807, 2.05) is 30.3 Å². The number of hydrogen-bond donors (Lipinski definition) is 2. The van der Waals surface area contributed by atoms with Gasteiger partial charge >= 0.3 is 5.97 Å². The number of carbonyl (C=O) groups excluding carboxylic acids is 2. The van der Waals surface area contributed by atoms with Gasteiger partial charge in [-0.05, 0) is 79.8 Å². The third kappa shape index (κ3) is 5.50. The van der Waals surface area contributed by atoms with Gasteiger partial charge in [0.1, 0.15) is 5.54 Å². The first-order valence-electron chi connectivity index (χ1n) is 13.3. The van der Waals surface area contributed by atoms with Crippen molar-refractivity contribution < 1.29 is 19.5 Å². The second kappa shape index (κ2) is 12.0. The van der Waals surface area contributed by atoms with Gasteiger partial charge in [-0.3, -0.25) is 9.59 Å². The normalized spacial score (nSPS) is 18.3. The zero-order valence-corrected chi connectivity index (χ0v) is 23.4. The molecule has 2 heterocycles. The molecular formula is C29H35Cl2N3O4. The molecule has 2 saturated heterocycles. The largest absolute Gasteiger partial charge is 0.479 e. The van der Waals surface area contributed by atoms with E-state index in [0.717, 1.165) is 36.1 Å². The van der Waals surface area contributed by atoms with Gasteiger partial charge in [-0.2, -0.15) is 0 Å². The maximum absolute atomic E-state index is 12.9. The molecule has 204 valence electrons. The quantitative estimate of drug-likeness (QED) is 0.444. The minimum atomic E-state index is -1.18. The lowest BCUT2D eigenvalue weighted by Crippen LogP contribution is -2.63. The van der Waals surface area contributed by atoms with Crippen molar-refractivity contribution in [3.63, 3.8) is 0 Å². The van der Waals surface area contributed by atoms with Crippen molar-refractivity contribution in [3.05, 3.63) is 63.1 Å². The molecule has 7 nitrogen and oxygen atoms in total. The van der Waals surface area contributed by atoms with Gasteiger partial charge < -0.3 is 20.2 Å². The van der Waals surface area contributed by atoms with Crippen LogP contribution in [0.3, 0.4) is 0 Å². The van der Waals surface area contributed by atoms with Gasteiger partial charge in [-0.25, -0.2) is 4.79 Å². The van der Waals surface area contributed by atoms with E-state index in [2.05, 4.69) is 17.1 Å². The van der Waals surface area contributed by atoms with Crippen LogP contribution in [0.5, 0.6) is 0 Å².